The Morgan fingerprint density at radius 1 is 1.13 bits per heavy atom. The Hall–Kier alpha value is -2.33. The van der Waals surface area contributed by atoms with Gasteiger partial charge in [-0.05, 0) is 37.6 Å². The van der Waals surface area contributed by atoms with Gasteiger partial charge >= 0.3 is 0 Å². The van der Waals surface area contributed by atoms with E-state index in [-0.39, 0.29) is 5.91 Å². The lowest BCUT2D eigenvalue weighted by atomic mass is 10.1. The zero-order chi connectivity index (χ0) is 16.7. The highest BCUT2D eigenvalue weighted by Crippen LogP contribution is 2.21. The predicted molar refractivity (Wildman–Crippen MR) is 90.7 cm³/mol. The first-order chi connectivity index (χ1) is 11.1. The molecule has 0 unspecified atom stereocenters. The summed E-state index contributed by atoms with van der Waals surface area (Å²) in [5.41, 5.74) is 3.76. The summed E-state index contributed by atoms with van der Waals surface area (Å²) < 4.78 is 10.7. The standard InChI is InChI=1S/C19H23NO3/c1-4-23-18-10-9-16(11-17(18)13-22-3)19(21)20-12-15-7-5-14(2)6-8-15/h5-11H,4,12-13H2,1-3H3,(H,20,21). The van der Waals surface area contributed by atoms with E-state index in [1.165, 1.54) is 5.56 Å². The molecule has 2 rings (SSSR count). The van der Waals surface area contributed by atoms with Gasteiger partial charge in [-0.15, -0.1) is 0 Å². The fourth-order valence-corrected chi connectivity index (χ4v) is 2.28. The van der Waals surface area contributed by atoms with Crippen molar-refractivity contribution in [2.24, 2.45) is 0 Å². The summed E-state index contributed by atoms with van der Waals surface area (Å²) in [4.78, 5) is 12.3. The van der Waals surface area contributed by atoms with Crippen LogP contribution in [0.15, 0.2) is 42.5 Å². The molecule has 2 aromatic carbocycles. The summed E-state index contributed by atoms with van der Waals surface area (Å²) in [6.45, 7) is 5.47. The second-order valence-corrected chi connectivity index (χ2v) is 5.36. The number of amides is 1. The van der Waals surface area contributed by atoms with Gasteiger partial charge in [0.15, 0.2) is 0 Å². The van der Waals surface area contributed by atoms with E-state index in [2.05, 4.69) is 5.32 Å². The Morgan fingerprint density at radius 3 is 2.52 bits per heavy atom. The number of carbonyl (C=O) groups excluding carboxylic acids is 1. The van der Waals surface area contributed by atoms with E-state index in [0.29, 0.717) is 25.3 Å². The van der Waals surface area contributed by atoms with Crippen LogP contribution >= 0.6 is 0 Å². The van der Waals surface area contributed by atoms with Gasteiger partial charge < -0.3 is 14.8 Å². The predicted octanol–water partition coefficient (Wildman–Crippen LogP) is 3.47. The molecule has 23 heavy (non-hydrogen) atoms. The van der Waals surface area contributed by atoms with Gasteiger partial charge in [0.25, 0.3) is 5.91 Å². The zero-order valence-corrected chi connectivity index (χ0v) is 13.9. The number of hydrogen-bond donors (Lipinski definition) is 1. The zero-order valence-electron chi connectivity index (χ0n) is 13.9. The molecule has 0 spiro atoms. The molecule has 0 aliphatic rings. The van der Waals surface area contributed by atoms with Crippen LogP contribution in [0.2, 0.25) is 0 Å². The average molecular weight is 313 g/mol. The molecule has 0 aliphatic heterocycles. The van der Waals surface area contributed by atoms with Crippen molar-refractivity contribution in [2.75, 3.05) is 13.7 Å². The third-order valence-electron chi connectivity index (χ3n) is 3.50. The van der Waals surface area contributed by atoms with Crippen LogP contribution in [-0.2, 0) is 17.9 Å². The van der Waals surface area contributed by atoms with Gasteiger partial charge in [-0.25, -0.2) is 0 Å². The first kappa shape index (κ1) is 17.0. The molecule has 1 amide bonds. The molecule has 0 radical (unpaired) electrons. The molecule has 0 aliphatic carbocycles. The van der Waals surface area contributed by atoms with Crippen molar-refractivity contribution in [3.8, 4) is 5.75 Å². The Morgan fingerprint density at radius 2 is 1.87 bits per heavy atom. The van der Waals surface area contributed by atoms with Gasteiger partial charge in [0, 0.05) is 24.8 Å². The van der Waals surface area contributed by atoms with Crippen LogP contribution in [0.4, 0.5) is 0 Å². The Kier molecular flexibility index (Phi) is 6.18. The Labute approximate surface area is 137 Å². The highest BCUT2D eigenvalue weighted by molar-refractivity contribution is 5.94. The summed E-state index contributed by atoms with van der Waals surface area (Å²) >= 11 is 0. The second kappa shape index (κ2) is 8.34. The topological polar surface area (TPSA) is 47.6 Å². The SMILES string of the molecule is CCOc1ccc(C(=O)NCc2ccc(C)cc2)cc1COC. The lowest BCUT2D eigenvalue weighted by molar-refractivity contribution is 0.0950. The van der Waals surface area contributed by atoms with Crippen molar-refractivity contribution in [2.45, 2.75) is 27.0 Å². The van der Waals surface area contributed by atoms with E-state index in [1.807, 2.05) is 50.2 Å². The van der Waals surface area contributed by atoms with Crippen LogP contribution in [0, 0.1) is 6.92 Å². The first-order valence-corrected chi connectivity index (χ1v) is 7.72. The van der Waals surface area contributed by atoms with E-state index >= 15 is 0 Å². The molecule has 4 nitrogen and oxygen atoms in total. The van der Waals surface area contributed by atoms with Crippen LogP contribution in [0.3, 0.4) is 0 Å². The minimum absolute atomic E-state index is 0.106. The molecule has 0 saturated heterocycles. The number of methoxy groups -OCH3 is 1. The summed E-state index contributed by atoms with van der Waals surface area (Å²) in [7, 11) is 1.62. The van der Waals surface area contributed by atoms with Crippen molar-refractivity contribution >= 4 is 5.91 Å². The fourth-order valence-electron chi connectivity index (χ4n) is 2.28. The minimum atomic E-state index is -0.106. The molecular formula is C19H23NO3. The van der Waals surface area contributed by atoms with E-state index in [1.54, 1.807) is 13.2 Å². The first-order valence-electron chi connectivity index (χ1n) is 7.72. The van der Waals surface area contributed by atoms with E-state index in [0.717, 1.165) is 16.9 Å². The highest BCUT2D eigenvalue weighted by Gasteiger charge is 2.10. The van der Waals surface area contributed by atoms with E-state index < -0.39 is 0 Å². The molecule has 0 bridgehead atoms. The summed E-state index contributed by atoms with van der Waals surface area (Å²) in [6.07, 6.45) is 0. The molecule has 4 heteroatoms. The highest BCUT2D eigenvalue weighted by atomic mass is 16.5. The molecule has 0 atom stereocenters. The van der Waals surface area contributed by atoms with Gasteiger partial charge in [0.1, 0.15) is 5.75 Å². The van der Waals surface area contributed by atoms with Gasteiger partial charge in [0.2, 0.25) is 0 Å². The van der Waals surface area contributed by atoms with Crippen LogP contribution < -0.4 is 10.1 Å². The lowest BCUT2D eigenvalue weighted by Gasteiger charge is -2.12. The minimum Gasteiger partial charge on any atom is -0.494 e. The van der Waals surface area contributed by atoms with Gasteiger partial charge in [0.05, 0.1) is 13.2 Å². The number of carbonyl (C=O) groups is 1. The number of ether oxygens (including phenoxy) is 2. The van der Waals surface area contributed by atoms with Crippen LogP contribution in [-0.4, -0.2) is 19.6 Å². The maximum Gasteiger partial charge on any atom is 0.251 e. The molecule has 0 saturated carbocycles. The number of hydrogen-bond acceptors (Lipinski definition) is 3. The second-order valence-electron chi connectivity index (χ2n) is 5.36. The van der Waals surface area contributed by atoms with Gasteiger partial charge in [-0.2, -0.15) is 0 Å². The molecule has 1 N–H and O–H groups in total. The Balaban J connectivity index is 2.06. The number of benzene rings is 2. The Bertz CT molecular complexity index is 650. The molecular weight excluding hydrogens is 290 g/mol. The van der Waals surface area contributed by atoms with Crippen molar-refractivity contribution in [3.63, 3.8) is 0 Å². The largest absolute Gasteiger partial charge is 0.494 e. The average Bonchev–Trinajstić information content (AvgIpc) is 2.56. The maximum absolute atomic E-state index is 12.3. The normalized spacial score (nSPS) is 10.4. The van der Waals surface area contributed by atoms with Crippen molar-refractivity contribution in [1.82, 2.24) is 5.32 Å². The van der Waals surface area contributed by atoms with Crippen molar-refractivity contribution in [1.29, 1.82) is 0 Å². The number of nitrogens with one attached hydrogen (secondary N) is 1. The van der Waals surface area contributed by atoms with Crippen molar-refractivity contribution < 1.29 is 14.3 Å². The third-order valence-corrected chi connectivity index (χ3v) is 3.50. The lowest BCUT2D eigenvalue weighted by Crippen LogP contribution is -2.23. The monoisotopic (exact) mass is 313 g/mol. The smallest absolute Gasteiger partial charge is 0.251 e. The van der Waals surface area contributed by atoms with Crippen LogP contribution in [0.5, 0.6) is 5.75 Å². The summed E-state index contributed by atoms with van der Waals surface area (Å²) in [5.74, 6) is 0.649. The molecule has 122 valence electrons. The summed E-state index contributed by atoms with van der Waals surface area (Å²) in [5, 5.41) is 2.93. The number of aryl methyl sites for hydroxylation is 1. The van der Waals surface area contributed by atoms with Gasteiger partial charge in [-0.1, -0.05) is 29.8 Å². The quantitative estimate of drug-likeness (QED) is 0.851. The molecule has 0 fully saturated rings. The van der Waals surface area contributed by atoms with E-state index in [4.69, 9.17) is 9.47 Å². The third kappa shape index (κ3) is 4.83. The van der Waals surface area contributed by atoms with E-state index in [9.17, 15) is 4.79 Å². The summed E-state index contributed by atoms with van der Waals surface area (Å²) in [6, 6.07) is 13.5. The maximum atomic E-state index is 12.3. The van der Waals surface area contributed by atoms with Crippen LogP contribution in [0.1, 0.15) is 34.0 Å². The number of rotatable bonds is 7. The van der Waals surface area contributed by atoms with Gasteiger partial charge in [-0.3, -0.25) is 4.79 Å². The fraction of sp³-hybridized carbons (Fsp3) is 0.316. The molecule has 0 heterocycles. The molecule has 0 aromatic heterocycles. The molecule has 2 aromatic rings. The van der Waals surface area contributed by atoms with Crippen molar-refractivity contribution in [3.05, 3.63) is 64.7 Å². The van der Waals surface area contributed by atoms with Crippen LogP contribution in [0.25, 0.3) is 0 Å².